The molecule has 1 fully saturated rings. The summed E-state index contributed by atoms with van der Waals surface area (Å²) in [7, 11) is 1.66. The third-order valence-corrected chi connectivity index (χ3v) is 6.08. The fourth-order valence-corrected chi connectivity index (χ4v) is 4.44. The highest BCUT2D eigenvalue weighted by Gasteiger charge is 2.24. The number of hydrogen-bond donors (Lipinski definition) is 2. The Hall–Kier alpha value is -2.59. The van der Waals surface area contributed by atoms with Gasteiger partial charge < -0.3 is 4.74 Å². The Balaban J connectivity index is 1.37. The van der Waals surface area contributed by atoms with Crippen LogP contribution < -0.4 is 9.46 Å². The molecule has 9 heteroatoms. The lowest BCUT2D eigenvalue weighted by Gasteiger charge is -2.32. The van der Waals surface area contributed by atoms with E-state index in [9.17, 15) is 4.21 Å². The topological polar surface area (TPSA) is 92.5 Å². The third kappa shape index (κ3) is 5.37. The van der Waals surface area contributed by atoms with Crippen LogP contribution in [0.25, 0.3) is 5.69 Å². The molecule has 0 radical (unpaired) electrons. The third-order valence-electron chi connectivity index (χ3n) is 5.69. The quantitative estimate of drug-likeness (QED) is 0.522. The van der Waals surface area contributed by atoms with Gasteiger partial charge in [0.15, 0.2) is 0 Å². The zero-order valence-electron chi connectivity index (χ0n) is 17.5. The molecule has 1 atom stereocenters. The second kappa shape index (κ2) is 10.1. The normalized spacial score (nSPS) is 16.3. The summed E-state index contributed by atoms with van der Waals surface area (Å²) >= 11 is -2.05. The maximum Gasteiger partial charge on any atom is 0.232 e. The predicted molar refractivity (Wildman–Crippen MR) is 119 cm³/mol. The van der Waals surface area contributed by atoms with Crippen molar-refractivity contribution < 1.29 is 13.5 Å². The van der Waals surface area contributed by atoms with Crippen molar-refractivity contribution in [1.29, 1.82) is 0 Å². The molecule has 2 heterocycles. The monoisotopic (exact) mass is 441 g/mol. The Morgan fingerprint density at radius 2 is 1.94 bits per heavy atom. The maximum absolute atomic E-state index is 11.0. The number of para-hydroxylation sites is 2. The first-order valence-electron chi connectivity index (χ1n) is 10.3. The molecular formula is C22H27N5O3S. The van der Waals surface area contributed by atoms with E-state index in [1.54, 1.807) is 7.11 Å². The molecule has 0 saturated carbocycles. The van der Waals surface area contributed by atoms with E-state index >= 15 is 0 Å². The van der Waals surface area contributed by atoms with Gasteiger partial charge in [-0.3, -0.25) is 9.45 Å². The lowest BCUT2D eigenvalue weighted by atomic mass is 9.87. The fraction of sp³-hybridized carbons (Fsp3) is 0.364. The molecule has 1 saturated heterocycles. The van der Waals surface area contributed by atoms with Gasteiger partial charge in [0.25, 0.3) is 0 Å². The Kier molecular flexibility index (Phi) is 7.08. The van der Waals surface area contributed by atoms with Crippen LogP contribution in [0.2, 0.25) is 0 Å². The Labute approximate surface area is 184 Å². The van der Waals surface area contributed by atoms with Crippen molar-refractivity contribution in [2.45, 2.75) is 31.8 Å². The van der Waals surface area contributed by atoms with E-state index in [0.717, 1.165) is 55.2 Å². The van der Waals surface area contributed by atoms with E-state index in [1.807, 2.05) is 53.3 Å². The molecule has 0 bridgehead atoms. The minimum Gasteiger partial charge on any atom is -0.496 e. The molecule has 2 aromatic carbocycles. The van der Waals surface area contributed by atoms with Crippen LogP contribution in [0, 0.1) is 0 Å². The number of methoxy groups -OCH3 is 1. The summed E-state index contributed by atoms with van der Waals surface area (Å²) in [6.07, 6.45) is 4.03. The predicted octanol–water partition coefficient (Wildman–Crippen LogP) is 2.88. The zero-order chi connectivity index (χ0) is 21.6. The average molecular weight is 442 g/mol. The molecule has 0 amide bonds. The molecule has 2 N–H and O–H groups in total. The van der Waals surface area contributed by atoms with E-state index in [2.05, 4.69) is 26.0 Å². The van der Waals surface area contributed by atoms with Gasteiger partial charge in [-0.1, -0.05) is 41.6 Å². The second-order valence-corrected chi connectivity index (χ2v) is 8.44. The van der Waals surface area contributed by atoms with E-state index in [1.165, 1.54) is 5.56 Å². The van der Waals surface area contributed by atoms with Gasteiger partial charge in [0.05, 0.1) is 24.7 Å². The van der Waals surface area contributed by atoms with Gasteiger partial charge in [0.2, 0.25) is 11.3 Å². The van der Waals surface area contributed by atoms with Crippen LogP contribution in [0.4, 0.5) is 0 Å². The van der Waals surface area contributed by atoms with Crippen LogP contribution in [-0.2, 0) is 24.4 Å². The molecule has 4 rings (SSSR count). The summed E-state index contributed by atoms with van der Waals surface area (Å²) in [6, 6.07) is 16.0. The molecular weight excluding hydrogens is 414 g/mol. The van der Waals surface area contributed by atoms with Gasteiger partial charge in [-0.05, 0) is 49.5 Å². The minimum absolute atomic E-state index is 0.288. The first-order chi connectivity index (χ1) is 15.1. The van der Waals surface area contributed by atoms with Gasteiger partial charge >= 0.3 is 0 Å². The second-order valence-electron chi connectivity index (χ2n) is 7.65. The molecule has 0 spiro atoms. The Morgan fingerprint density at radius 3 is 2.65 bits per heavy atom. The number of ether oxygens (including phenoxy) is 1. The molecule has 1 unspecified atom stereocenters. The number of piperidine rings is 1. The van der Waals surface area contributed by atoms with Crippen LogP contribution in [0.1, 0.15) is 35.6 Å². The highest BCUT2D eigenvalue weighted by Crippen LogP contribution is 2.36. The number of nitrogens with one attached hydrogen (secondary N) is 1. The van der Waals surface area contributed by atoms with Crippen LogP contribution in [-0.4, -0.2) is 48.9 Å². The number of aromatic nitrogens is 3. The molecule has 0 aliphatic carbocycles. The smallest absolute Gasteiger partial charge is 0.232 e. The van der Waals surface area contributed by atoms with Crippen molar-refractivity contribution in [2.24, 2.45) is 0 Å². The van der Waals surface area contributed by atoms with E-state index in [-0.39, 0.29) is 6.54 Å². The van der Waals surface area contributed by atoms with E-state index in [0.29, 0.717) is 5.92 Å². The van der Waals surface area contributed by atoms with Crippen LogP contribution >= 0.6 is 0 Å². The summed E-state index contributed by atoms with van der Waals surface area (Å²) in [6.45, 7) is 3.00. The van der Waals surface area contributed by atoms with E-state index < -0.39 is 11.3 Å². The van der Waals surface area contributed by atoms with Gasteiger partial charge in [-0.2, -0.15) is 0 Å². The zero-order valence-corrected chi connectivity index (χ0v) is 18.3. The number of nitrogens with zero attached hydrogens (tertiary/aromatic N) is 4. The van der Waals surface area contributed by atoms with Crippen LogP contribution in [0.5, 0.6) is 5.75 Å². The summed E-state index contributed by atoms with van der Waals surface area (Å²) in [5.41, 5.74) is 4.03. The van der Waals surface area contributed by atoms with Crippen LogP contribution in [0.3, 0.4) is 0 Å². The average Bonchev–Trinajstić information content (AvgIpc) is 3.27. The van der Waals surface area contributed by atoms with Gasteiger partial charge in [-0.25, -0.2) is 13.6 Å². The highest BCUT2D eigenvalue weighted by atomic mass is 32.2. The summed E-state index contributed by atoms with van der Waals surface area (Å²) in [5, 5.41) is 8.59. The lowest BCUT2D eigenvalue weighted by Crippen LogP contribution is -2.32. The molecule has 1 aliphatic heterocycles. The first-order valence-corrected chi connectivity index (χ1v) is 11.4. The summed E-state index contributed by atoms with van der Waals surface area (Å²) in [5.74, 6) is 1.20. The first kappa shape index (κ1) is 21.6. The highest BCUT2D eigenvalue weighted by molar-refractivity contribution is 7.77. The maximum atomic E-state index is 11.0. The Morgan fingerprint density at radius 1 is 1.16 bits per heavy atom. The van der Waals surface area contributed by atoms with Crippen molar-refractivity contribution in [2.75, 3.05) is 20.2 Å². The summed E-state index contributed by atoms with van der Waals surface area (Å²) < 4.78 is 30.0. The standard InChI is InChI=1S/C22H27N5O3S/c1-30-22-18(14-23-31(28)29)6-5-9-21(22)17-10-12-26(13-11-17)15-19-16-27(25-24-19)20-7-3-2-4-8-20/h2-9,16-17,23H,10-15H2,1H3,(H,28,29). The van der Waals surface area contributed by atoms with Crippen molar-refractivity contribution >= 4 is 11.3 Å². The van der Waals surface area contributed by atoms with Gasteiger partial charge in [0, 0.05) is 18.7 Å². The molecule has 8 nitrogen and oxygen atoms in total. The molecule has 164 valence electrons. The lowest BCUT2D eigenvalue weighted by molar-refractivity contribution is 0.201. The molecule has 1 aliphatic rings. The fourth-order valence-electron chi connectivity index (χ4n) is 4.16. The van der Waals surface area contributed by atoms with Gasteiger partial charge in [-0.15, -0.1) is 5.10 Å². The van der Waals surface area contributed by atoms with Crippen molar-refractivity contribution in [3.63, 3.8) is 0 Å². The molecule has 31 heavy (non-hydrogen) atoms. The van der Waals surface area contributed by atoms with Crippen molar-refractivity contribution in [3.05, 3.63) is 71.5 Å². The van der Waals surface area contributed by atoms with Crippen molar-refractivity contribution in [1.82, 2.24) is 24.6 Å². The SMILES string of the molecule is COc1c(CNS(=O)O)cccc1C1CCN(Cc2cn(-c3ccccc3)nn2)CC1. The van der Waals surface area contributed by atoms with Crippen LogP contribution in [0.15, 0.2) is 54.7 Å². The number of likely N-dealkylation sites (tertiary alicyclic amines) is 1. The summed E-state index contributed by atoms with van der Waals surface area (Å²) in [4.78, 5) is 2.41. The number of hydrogen-bond acceptors (Lipinski definition) is 5. The molecule has 1 aromatic heterocycles. The largest absolute Gasteiger partial charge is 0.496 e. The van der Waals surface area contributed by atoms with Gasteiger partial charge in [0.1, 0.15) is 5.75 Å². The number of rotatable bonds is 8. The van der Waals surface area contributed by atoms with E-state index in [4.69, 9.17) is 9.29 Å². The minimum atomic E-state index is -2.05. The Bertz CT molecular complexity index is 1020. The van der Waals surface area contributed by atoms with Crippen molar-refractivity contribution in [3.8, 4) is 11.4 Å². The number of benzene rings is 2. The molecule has 3 aromatic rings.